The Balaban J connectivity index is 2.51. The summed E-state index contributed by atoms with van der Waals surface area (Å²) in [6.07, 6.45) is 0. The van der Waals surface area contributed by atoms with Gasteiger partial charge in [-0.3, -0.25) is 25.8 Å². The largest absolute Gasteiger partial charge is 0.495 e. The van der Waals surface area contributed by atoms with Gasteiger partial charge in [-0.25, -0.2) is 14.3 Å². The van der Waals surface area contributed by atoms with Crippen LogP contribution in [0.25, 0.3) is 0 Å². The number of methoxy groups -OCH3 is 1. The summed E-state index contributed by atoms with van der Waals surface area (Å²) in [4.78, 5) is 22.1. The van der Waals surface area contributed by atoms with Crippen LogP contribution in [0.3, 0.4) is 0 Å². The molecule has 4 N–H and O–H groups in total. The van der Waals surface area contributed by atoms with Crippen molar-refractivity contribution < 1.29 is 22.9 Å². The number of non-ortho nitro benzene ring substituents is 1. The van der Waals surface area contributed by atoms with Gasteiger partial charge in [-0.2, -0.15) is 5.10 Å². The molecule has 2 aromatic rings. The molecule has 0 fully saturated rings. The topological polar surface area (TPSA) is 166 Å². The Kier molecular flexibility index (Phi) is 6.28. The summed E-state index contributed by atoms with van der Waals surface area (Å²) in [5.41, 5.74) is 4.56. The monoisotopic (exact) mass is 407 g/mol. The number of carbonyl (C=O) groups is 1. The highest BCUT2D eigenvalue weighted by molar-refractivity contribution is 8.08. The van der Waals surface area contributed by atoms with Crippen molar-refractivity contribution in [3.63, 3.8) is 0 Å². The van der Waals surface area contributed by atoms with Crippen molar-refractivity contribution in [2.24, 2.45) is 10.9 Å². The zero-order valence-electron chi connectivity index (χ0n) is 14.9. The maximum Gasteiger partial charge on any atom is 0.297 e. The standard InChI is InChI=1S/C16H17N5O6S/c1-10-3-6-12(7-4-10)28(25,26)16(15(22)18-17)20-19-13-9-11(21(23)24)5-8-14(13)27-2/h3-9,19H,17H2,1-2H3,(H,18,22). The van der Waals surface area contributed by atoms with E-state index in [9.17, 15) is 23.3 Å². The van der Waals surface area contributed by atoms with Crippen LogP contribution in [-0.4, -0.2) is 31.4 Å². The number of amides is 1. The van der Waals surface area contributed by atoms with Crippen molar-refractivity contribution in [2.75, 3.05) is 12.5 Å². The van der Waals surface area contributed by atoms with Crippen molar-refractivity contribution in [1.29, 1.82) is 0 Å². The van der Waals surface area contributed by atoms with Gasteiger partial charge in [-0.1, -0.05) is 17.7 Å². The summed E-state index contributed by atoms with van der Waals surface area (Å²) < 4.78 is 30.6. The van der Waals surface area contributed by atoms with Crippen LogP contribution in [0.4, 0.5) is 11.4 Å². The van der Waals surface area contributed by atoms with E-state index in [4.69, 9.17) is 10.6 Å². The molecule has 2 aromatic carbocycles. The second-order valence-electron chi connectivity index (χ2n) is 5.46. The first-order chi connectivity index (χ1) is 13.2. The fourth-order valence-electron chi connectivity index (χ4n) is 2.13. The van der Waals surface area contributed by atoms with Crippen molar-refractivity contribution in [2.45, 2.75) is 11.8 Å². The van der Waals surface area contributed by atoms with Crippen LogP contribution in [0.1, 0.15) is 5.56 Å². The zero-order valence-corrected chi connectivity index (χ0v) is 15.7. The van der Waals surface area contributed by atoms with Gasteiger partial charge in [0.05, 0.1) is 16.9 Å². The number of aryl methyl sites for hydroxylation is 1. The van der Waals surface area contributed by atoms with E-state index in [1.807, 2.05) is 0 Å². The fraction of sp³-hybridized carbons (Fsp3) is 0.125. The van der Waals surface area contributed by atoms with E-state index in [0.29, 0.717) is 0 Å². The molecule has 0 heterocycles. The number of rotatable bonds is 5. The highest BCUT2D eigenvalue weighted by Crippen LogP contribution is 2.29. The summed E-state index contributed by atoms with van der Waals surface area (Å²) in [7, 11) is -3.01. The first-order valence-electron chi connectivity index (χ1n) is 7.69. The van der Waals surface area contributed by atoms with Crippen molar-refractivity contribution in [3.05, 3.63) is 58.1 Å². The van der Waals surface area contributed by atoms with Gasteiger partial charge in [0, 0.05) is 12.1 Å². The predicted molar refractivity (Wildman–Crippen MR) is 101 cm³/mol. The predicted octanol–water partition coefficient (Wildman–Crippen LogP) is 1.10. The molecule has 0 aliphatic heterocycles. The maximum atomic E-state index is 12.8. The highest BCUT2D eigenvalue weighted by Gasteiger charge is 2.29. The molecule has 0 saturated heterocycles. The number of nitro benzene ring substituents is 1. The molecule has 0 atom stereocenters. The van der Waals surface area contributed by atoms with Gasteiger partial charge in [-0.05, 0) is 25.1 Å². The van der Waals surface area contributed by atoms with Gasteiger partial charge in [0.1, 0.15) is 11.4 Å². The minimum atomic E-state index is -4.32. The molecular formula is C16H17N5O6S. The average Bonchev–Trinajstić information content (AvgIpc) is 2.67. The number of hydrazine groups is 1. The molecule has 28 heavy (non-hydrogen) atoms. The number of benzene rings is 2. The Morgan fingerprint density at radius 3 is 2.39 bits per heavy atom. The van der Waals surface area contributed by atoms with E-state index in [2.05, 4.69) is 10.5 Å². The van der Waals surface area contributed by atoms with Crippen LogP contribution in [-0.2, 0) is 14.6 Å². The van der Waals surface area contributed by atoms with Crippen LogP contribution in [0, 0.1) is 17.0 Å². The summed E-state index contributed by atoms with van der Waals surface area (Å²) in [6.45, 7) is 1.77. The van der Waals surface area contributed by atoms with E-state index >= 15 is 0 Å². The smallest absolute Gasteiger partial charge is 0.297 e. The molecule has 11 nitrogen and oxygen atoms in total. The zero-order chi connectivity index (χ0) is 20.9. The number of hydrogen-bond donors (Lipinski definition) is 3. The number of hydrazone groups is 1. The molecule has 1 amide bonds. The van der Waals surface area contributed by atoms with E-state index in [-0.39, 0.29) is 22.0 Å². The molecule has 0 bridgehead atoms. The number of anilines is 1. The second-order valence-corrected chi connectivity index (χ2v) is 7.33. The Bertz CT molecular complexity index is 1030. The molecule has 0 aromatic heterocycles. The van der Waals surface area contributed by atoms with Gasteiger partial charge in [0.2, 0.25) is 14.9 Å². The number of carbonyl (C=O) groups excluding carboxylic acids is 1. The third-order valence-electron chi connectivity index (χ3n) is 3.58. The second kappa shape index (κ2) is 8.45. The number of ether oxygens (including phenoxy) is 1. The Morgan fingerprint density at radius 2 is 1.86 bits per heavy atom. The minimum absolute atomic E-state index is 0.0156. The number of nitrogens with two attached hydrogens (primary N) is 1. The lowest BCUT2D eigenvalue weighted by atomic mass is 10.2. The third-order valence-corrected chi connectivity index (χ3v) is 5.26. The Hall–Kier alpha value is -3.51. The van der Waals surface area contributed by atoms with Crippen LogP contribution < -0.4 is 21.4 Å². The molecule has 12 heteroatoms. The lowest BCUT2D eigenvalue weighted by Crippen LogP contribution is -2.40. The summed E-state index contributed by atoms with van der Waals surface area (Å²) in [6, 6.07) is 9.33. The van der Waals surface area contributed by atoms with Crippen molar-refractivity contribution in [3.8, 4) is 5.75 Å². The van der Waals surface area contributed by atoms with Crippen LogP contribution in [0.15, 0.2) is 52.5 Å². The fourth-order valence-corrected chi connectivity index (χ4v) is 3.32. The number of nitrogens with one attached hydrogen (secondary N) is 2. The number of nitrogens with zero attached hydrogens (tertiary/aromatic N) is 2. The van der Waals surface area contributed by atoms with E-state index in [0.717, 1.165) is 11.6 Å². The maximum absolute atomic E-state index is 12.8. The quantitative estimate of drug-likeness (QED) is 0.165. The van der Waals surface area contributed by atoms with Gasteiger partial charge < -0.3 is 4.74 Å². The lowest BCUT2D eigenvalue weighted by Gasteiger charge is -2.10. The number of hydrogen-bond acceptors (Lipinski definition) is 9. The Labute approximate surface area is 160 Å². The average molecular weight is 407 g/mol. The molecule has 0 aliphatic rings. The van der Waals surface area contributed by atoms with Crippen LogP contribution in [0.5, 0.6) is 5.75 Å². The van der Waals surface area contributed by atoms with Gasteiger partial charge >= 0.3 is 0 Å². The SMILES string of the molecule is COc1ccc([N+](=O)[O-])cc1NN=C(C(=O)NN)S(=O)(=O)c1ccc(C)cc1. The molecular weight excluding hydrogens is 390 g/mol. The number of sulfone groups is 1. The van der Waals surface area contributed by atoms with Crippen LogP contribution >= 0.6 is 0 Å². The van der Waals surface area contributed by atoms with Gasteiger partial charge in [0.25, 0.3) is 11.6 Å². The first-order valence-corrected chi connectivity index (χ1v) is 9.18. The molecule has 2 rings (SSSR count). The normalized spacial score (nSPS) is 11.6. The Morgan fingerprint density at radius 1 is 1.21 bits per heavy atom. The lowest BCUT2D eigenvalue weighted by molar-refractivity contribution is -0.384. The first kappa shape index (κ1) is 20.8. The van der Waals surface area contributed by atoms with Crippen molar-refractivity contribution in [1.82, 2.24) is 5.43 Å². The minimum Gasteiger partial charge on any atom is -0.495 e. The third kappa shape index (κ3) is 4.42. The van der Waals surface area contributed by atoms with E-state index in [1.54, 1.807) is 24.5 Å². The molecule has 0 saturated carbocycles. The molecule has 0 radical (unpaired) electrons. The van der Waals surface area contributed by atoms with Gasteiger partial charge in [-0.15, -0.1) is 0 Å². The van der Waals surface area contributed by atoms with E-state index < -0.39 is 25.7 Å². The van der Waals surface area contributed by atoms with E-state index in [1.165, 1.54) is 31.4 Å². The van der Waals surface area contributed by atoms with Gasteiger partial charge in [0.15, 0.2) is 0 Å². The molecule has 0 aliphatic carbocycles. The molecule has 0 spiro atoms. The summed E-state index contributed by atoms with van der Waals surface area (Å²) >= 11 is 0. The van der Waals surface area contributed by atoms with Crippen LogP contribution in [0.2, 0.25) is 0 Å². The highest BCUT2D eigenvalue weighted by atomic mass is 32.2. The van der Waals surface area contributed by atoms with Crippen molar-refractivity contribution >= 4 is 32.2 Å². The molecule has 148 valence electrons. The summed E-state index contributed by atoms with van der Waals surface area (Å²) in [5.74, 6) is 4.05. The molecule has 0 unspecified atom stereocenters. The number of nitro groups is 1. The summed E-state index contributed by atoms with van der Waals surface area (Å²) in [5, 5.41) is 13.6.